The molecule has 0 spiro atoms. The topological polar surface area (TPSA) is 41.6 Å². The molecule has 0 radical (unpaired) electrons. The Morgan fingerprint density at radius 1 is 1.29 bits per heavy atom. The average Bonchev–Trinajstić information content (AvgIpc) is 2.54. The predicted octanol–water partition coefficient (Wildman–Crippen LogP) is 3.40. The zero-order valence-electron chi connectivity index (χ0n) is 14.4. The van der Waals surface area contributed by atoms with E-state index in [9.17, 15) is 4.79 Å². The van der Waals surface area contributed by atoms with E-state index < -0.39 is 0 Å². The Balaban J connectivity index is 1.88. The Bertz CT molecular complexity index is 546. The number of nitrogens with one attached hydrogen (secondary N) is 1. The van der Waals surface area contributed by atoms with Crippen LogP contribution in [0.1, 0.15) is 25.8 Å². The number of ether oxygens (including phenoxy) is 1. The number of halogens is 2. The van der Waals surface area contributed by atoms with Crippen LogP contribution in [-0.2, 0) is 16.0 Å². The Morgan fingerprint density at radius 2 is 2.00 bits per heavy atom. The van der Waals surface area contributed by atoms with Crippen molar-refractivity contribution in [1.29, 1.82) is 0 Å². The summed E-state index contributed by atoms with van der Waals surface area (Å²) < 4.78 is 5.43. The zero-order valence-corrected chi connectivity index (χ0v) is 15.9. The lowest BCUT2D eigenvalue weighted by atomic mass is 10.0. The number of amides is 1. The minimum atomic E-state index is -0.0127. The van der Waals surface area contributed by atoms with E-state index in [2.05, 4.69) is 24.1 Å². The highest BCUT2D eigenvalue weighted by Crippen LogP contribution is 2.21. The fraction of sp³-hybridized carbons (Fsp3) is 0.611. The van der Waals surface area contributed by atoms with Gasteiger partial charge in [-0.25, -0.2) is 0 Å². The quantitative estimate of drug-likeness (QED) is 0.797. The lowest BCUT2D eigenvalue weighted by molar-refractivity contribution is -0.120. The SMILES string of the molecule is CC(C)CC(CNC(=O)Cc1ccc(Cl)cc1Cl)N1CCOCC1. The van der Waals surface area contributed by atoms with Gasteiger partial charge in [-0.2, -0.15) is 0 Å². The van der Waals surface area contributed by atoms with Gasteiger partial charge in [0.05, 0.1) is 19.6 Å². The van der Waals surface area contributed by atoms with E-state index in [4.69, 9.17) is 27.9 Å². The highest BCUT2D eigenvalue weighted by molar-refractivity contribution is 6.35. The van der Waals surface area contributed by atoms with Gasteiger partial charge < -0.3 is 10.1 Å². The first-order valence-electron chi connectivity index (χ1n) is 8.48. The van der Waals surface area contributed by atoms with E-state index >= 15 is 0 Å². The molecule has 1 amide bonds. The van der Waals surface area contributed by atoms with Crippen LogP contribution in [0, 0.1) is 5.92 Å². The van der Waals surface area contributed by atoms with Gasteiger partial charge >= 0.3 is 0 Å². The number of morpholine rings is 1. The van der Waals surface area contributed by atoms with E-state index in [0.29, 0.717) is 28.5 Å². The van der Waals surface area contributed by atoms with Crippen LogP contribution in [0.3, 0.4) is 0 Å². The summed E-state index contributed by atoms with van der Waals surface area (Å²) in [4.78, 5) is 14.7. The molecule has 1 atom stereocenters. The van der Waals surface area contributed by atoms with Crippen molar-refractivity contribution in [3.05, 3.63) is 33.8 Å². The van der Waals surface area contributed by atoms with E-state index in [1.54, 1.807) is 18.2 Å². The fourth-order valence-corrected chi connectivity index (χ4v) is 3.46. The van der Waals surface area contributed by atoms with Crippen LogP contribution in [0.2, 0.25) is 10.0 Å². The Morgan fingerprint density at radius 3 is 2.62 bits per heavy atom. The normalized spacial score (nSPS) is 17.0. The molecule has 0 saturated carbocycles. The molecule has 2 rings (SSSR count). The maximum Gasteiger partial charge on any atom is 0.224 e. The Hall–Kier alpha value is -0.810. The minimum absolute atomic E-state index is 0.0127. The van der Waals surface area contributed by atoms with Gasteiger partial charge in [-0.3, -0.25) is 9.69 Å². The zero-order chi connectivity index (χ0) is 17.5. The molecule has 134 valence electrons. The van der Waals surface area contributed by atoms with Crippen LogP contribution in [0.15, 0.2) is 18.2 Å². The van der Waals surface area contributed by atoms with Crippen molar-refractivity contribution in [2.24, 2.45) is 5.92 Å². The molecule has 1 aliphatic rings. The molecular formula is C18H26Cl2N2O2. The molecular weight excluding hydrogens is 347 g/mol. The van der Waals surface area contributed by atoms with E-state index in [1.165, 1.54) is 0 Å². The summed E-state index contributed by atoms with van der Waals surface area (Å²) in [7, 11) is 0. The molecule has 1 saturated heterocycles. The van der Waals surface area contributed by atoms with Crippen LogP contribution in [0.25, 0.3) is 0 Å². The molecule has 0 aliphatic carbocycles. The molecule has 1 unspecified atom stereocenters. The van der Waals surface area contributed by atoms with Crippen molar-refractivity contribution in [2.75, 3.05) is 32.8 Å². The van der Waals surface area contributed by atoms with Gasteiger partial charge in [-0.1, -0.05) is 43.1 Å². The summed E-state index contributed by atoms with van der Waals surface area (Å²) in [6.07, 6.45) is 1.33. The molecule has 1 aromatic carbocycles. The van der Waals surface area contributed by atoms with Gasteiger partial charge in [-0.15, -0.1) is 0 Å². The molecule has 0 bridgehead atoms. The first-order valence-corrected chi connectivity index (χ1v) is 9.23. The van der Waals surface area contributed by atoms with Crippen LogP contribution in [0.5, 0.6) is 0 Å². The maximum absolute atomic E-state index is 12.3. The molecule has 1 aromatic rings. The number of benzene rings is 1. The molecule has 0 aromatic heterocycles. The standard InChI is InChI=1S/C18H26Cl2N2O2/c1-13(2)9-16(22-5-7-24-8-6-22)12-21-18(23)10-14-3-4-15(19)11-17(14)20/h3-4,11,13,16H,5-10,12H2,1-2H3,(H,21,23). The highest BCUT2D eigenvalue weighted by atomic mass is 35.5. The van der Waals surface area contributed by atoms with Crippen molar-refractivity contribution >= 4 is 29.1 Å². The Kier molecular flexibility index (Phi) is 7.82. The molecule has 1 aliphatic heterocycles. The Labute approximate surface area is 154 Å². The first kappa shape index (κ1) is 19.5. The average molecular weight is 373 g/mol. The largest absolute Gasteiger partial charge is 0.379 e. The summed E-state index contributed by atoms with van der Waals surface area (Å²) in [6, 6.07) is 5.57. The smallest absolute Gasteiger partial charge is 0.224 e. The molecule has 1 N–H and O–H groups in total. The van der Waals surface area contributed by atoms with Crippen molar-refractivity contribution in [3.63, 3.8) is 0 Å². The van der Waals surface area contributed by atoms with E-state index in [1.807, 2.05) is 0 Å². The third kappa shape index (κ3) is 6.25. The van der Waals surface area contributed by atoms with Crippen LogP contribution < -0.4 is 5.32 Å². The number of carbonyl (C=O) groups is 1. The van der Waals surface area contributed by atoms with Gasteiger partial charge in [0.2, 0.25) is 5.91 Å². The van der Waals surface area contributed by atoms with Crippen LogP contribution in [-0.4, -0.2) is 49.7 Å². The lowest BCUT2D eigenvalue weighted by Crippen LogP contribution is -2.49. The summed E-state index contributed by atoms with van der Waals surface area (Å²) in [6.45, 7) is 8.46. The van der Waals surface area contributed by atoms with E-state index in [-0.39, 0.29) is 12.3 Å². The first-order chi connectivity index (χ1) is 11.5. The van der Waals surface area contributed by atoms with Gasteiger partial charge in [0.1, 0.15) is 0 Å². The lowest BCUT2D eigenvalue weighted by Gasteiger charge is -2.35. The van der Waals surface area contributed by atoms with Crippen molar-refractivity contribution in [3.8, 4) is 0 Å². The van der Waals surface area contributed by atoms with Crippen molar-refractivity contribution in [2.45, 2.75) is 32.7 Å². The second-order valence-corrected chi connectivity index (χ2v) is 7.49. The summed E-state index contributed by atoms with van der Waals surface area (Å²) in [5.74, 6) is 0.571. The number of hydrogen-bond donors (Lipinski definition) is 1. The van der Waals surface area contributed by atoms with Crippen molar-refractivity contribution in [1.82, 2.24) is 10.2 Å². The molecule has 6 heteroatoms. The van der Waals surface area contributed by atoms with Gasteiger partial charge in [0.15, 0.2) is 0 Å². The second-order valence-electron chi connectivity index (χ2n) is 6.65. The third-order valence-corrected chi connectivity index (χ3v) is 4.79. The van der Waals surface area contributed by atoms with Gasteiger partial charge in [0.25, 0.3) is 0 Å². The van der Waals surface area contributed by atoms with E-state index in [0.717, 1.165) is 38.3 Å². The maximum atomic E-state index is 12.3. The molecule has 4 nitrogen and oxygen atoms in total. The summed E-state index contributed by atoms with van der Waals surface area (Å²) >= 11 is 12.0. The minimum Gasteiger partial charge on any atom is -0.379 e. The summed E-state index contributed by atoms with van der Waals surface area (Å²) in [5.41, 5.74) is 0.797. The number of hydrogen-bond acceptors (Lipinski definition) is 3. The molecule has 1 heterocycles. The third-order valence-electron chi connectivity index (χ3n) is 4.21. The monoisotopic (exact) mass is 372 g/mol. The second kappa shape index (κ2) is 9.62. The molecule has 24 heavy (non-hydrogen) atoms. The van der Waals surface area contributed by atoms with Crippen LogP contribution >= 0.6 is 23.2 Å². The van der Waals surface area contributed by atoms with Gasteiger partial charge in [-0.05, 0) is 30.0 Å². The van der Waals surface area contributed by atoms with Crippen molar-refractivity contribution < 1.29 is 9.53 Å². The van der Waals surface area contributed by atoms with Gasteiger partial charge in [0, 0.05) is 35.7 Å². The van der Waals surface area contributed by atoms with Crippen LogP contribution in [0.4, 0.5) is 0 Å². The fourth-order valence-electron chi connectivity index (χ4n) is 2.98. The number of nitrogens with zero attached hydrogens (tertiary/aromatic N) is 1. The number of rotatable bonds is 7. The highest BCUT2D eigenvalue weighted by Gasteiger charge is 2.22. The number of carbonyl (C=O) groups excluding carboxylic acids is 1. The molecule has 1 fully saturated rings. The predicted molar refractivity (Wildman–Crippen MR) is 98.8 cm³/mol. The summed E-state index contributed by atoms with van der Waals surface area (Å²) in [5, 5.41) is 4.17.